The second-order valence-corrected chi connectivity index (χ2v) is 3.93. The quantitative estimate of drug-likeness (QED) is 0.793. The van der Waals surface area contributed by atoms with Gasteiger partial charge in [-0.25, -0.2) is 4.79 Å². The number of carboxylic acid groups (broad SMARTS) is 1. The van der Waals surface area contributed by atoms with Crippen LogP contribution in [0.1, 0.15) is 12.5 Å². The molecule has 5 heteroatoms. The summed E-state index contributed by atoms with van der Waals surface area (Å²) in [5, 5.41) is 11.3. The molecule has 19 heavy (non-hydrogen) atoms. The first kappa shape index (κ1) is 14.6. The molecule has 2 amide bonds. The smallest absolute Gasteiger partial charge is 0.323 e. The maximum Gasteiger partial charge on any atom is 0.323 e. The van der Waals surface area contributed by atoms with Crippen molar-refractivity contribution >= 4 is 17.7 Å². The summed E-state index contributed by atoms with van der Waals surface area (Å²) < 4.78 is 0. The minimum atomic E-state index is -1.10. The number of nitrogens with zero attached hydrogens (tertiary/aromatic N) is 1. The topological polar surface area (TPSA) is 69.6 Å². The van der Waals surface area contributed by atoms with Gasteiger partial charge in [-0.05, 0) is 24.1 Å². The summed E-state index contributed by atoms with van der Waals surface area (Å²) in [6.07, 6.45) is 6.02. The number of hydrogen-bond acceptors (Lipinski definition) is 2. The predicted molar refractivity (Wildman–Crippen MR) is 72.9 cm³/mol. The Balaban J connectivity index is 2.69. The van der Waals surface area contributed by atoms with Crippen LogP contribution >= 0.6 is 0 Å². The van der Waals surface area contributed by atoms with Gasteiger partial charge < -0.3 is 15.3 Å². The molecule has 0 aliphatic carbocycles. The molecule has 0 heterocycles. The zero-order valence-electron chi connectivity index (χ0n) is 10.7. The number of amides is 2. The minimum Gasteiger partial charge on any atom is -0.480 e. The van der Waals surface area contributed by atoms with Gasteiger partial charge >= 0.3 is 12.0 Å². The van der Waals surface area contributed by atoms with Crippen molar-refractivity contribution in [2.75, 3.05) is 18.4 Å². The fourth-order valence-corrected chi connectivity index (χ4v) is 1.50. The first-order chi connectivity index (χ1) is 9.06. The van der Waals surface area contributed by atoms with Gasteiger partial charge in [0.1, 0.15) is 6.54 Å². The fourth-order valence-electron chi connectivity index (χ4n) is 1.50. The van der Waals surface area contributed by atoms with Gasteiger partial charge in [0.15, 0.2) is 0 Å². The van der Waals surface area contributed by atoms with E-state index in [0.717, 1.165) is 16.9 Å². The van der Waals surface area contributed by atoms with E-state index >= 15 is 0 Å². The van der Waals surface area contributed by atoms with Crippen LogP contribution in [0, 0.1) is 12.3 Å². The average Bonchev–Trinajstić information content (AvgIpc) is 2.38. The number of rotatable bonds is 5. The van der Waals surface area contributed by atoms with Crippen molar-refractivity contribution in [3.63, 3.8) is 0 Å². The lowest BCUT2D eigenvalue weighted by Gasteiger charge is -2.18. The van der Waals surface area contributed by atoms with Crippen LogP contribution in [0.4, 0.5) is 10.5 Å². The number of benzene rings is 1. The van der Waals surface area contributed by atoms with E-state index in [2.05, 4.69) is 11.2 Å². The molecular weight excluding hydrogens is 244 g/mol. The molecular formula is C14H16N2O3. The molecule has 0 aliphatic rings. The van der Waals surface area contributed by atoms with Crippen LogP contribution in [0.25, 0.3) is 0 Å². The van der Waals surface area contributed by atoms with Gasteiger partial charge in [0.25, 0.3) is 0 Å². The van der Waals surface area contributed by atoms with E-state index in [4.69, 9.17) is 11.5 Å². The molecule has 0 radical (unpaired) electrons. The number of terminal acetylenes is 1. The Bertz CT molecular complexity index is 488. The van der Waals surface area contributed by atoms with Gasteiger partial charge in [0.2, 0.25) is 0 Å². The summed E-state index contributed by atoms with van der Waals surface area (Å²) in [6, 6.07) is 6.82. The monoisotopic (exact) mass is 260 g/mol. The van der Waals surface area contributed by atoms with Crippen LogP contribution in [0.5, 0.6) is 0 Å². The van der Waals surface area contributed by atoms with E-state index in [9.17, 15) is 9.59 Å². The lowest BCUT2D eigenvalue weighted by Crippen LogP contribution is -2.39. The molecule has 1 rings (SSSR count). The number of aryl methyl sites for hydroxylation is 1. The summed E-state index contributed by atoms with van der Waals surface area (Å²) in [7, 11) is 0. The van der Waals surface area contributed by atoms with Crippen molar-refractivity contribution in [1.82, 2.24) is 4.90 Å². The van der Waals surface area contributed by atoms with Gasteiger partial charge in [-0.1, -0.05) is 25.0 Å². The SMILES string of the molecule is C#CCN(CC(=O)O)C(=O)Nc1ccc(CC)cc1. The van der Waals surface area contributed by atoms with Gasteiger partial charge in [-0.3, -0.25) is 4.79 Å². The Morgan fingerprint density at radius 3 is 2.47 bits per heavy atom. The van der Waals surface area contributed by atoms with E-state index in [0.29, 0.717) is 5.69 Å². The van der Waals surface area contributed by atoms with Crippen LogP contribution in [0.3, 0.4) is 0 Å². The highest BCUT2D eigenvalue weighted by Gasteiger charge is 2.15. The molecule has 0 fully saturated rings. The normalized spacial score (nSPS) is 9.47. The third kappa shape index (κ3) is 4.72. The third-order valence-electron chi connectivity index (χ3n) is 2.51. The largest absolute Gasteiger partial charge is 0.480 e. The number of aliphatic carboxylic acids is 1. The Labute approximate surface area is 112 Å². The minimum absolute atomic E-state index is 0.0504. The highest BCUT2D eigenvalue weighted by molar-refractivity contribution is 5.91. The zero-order chi connectivity index (χ0) is 14.3. The maximum absolute atomic E-state index is 11.8. The summed E-state index contributed by atoms with van der Waals surface area (Å²) in [4.78, 5) is 23.5. The number of carbonyl (C=O) groups is 2. The predicted octanol–water partition coefficient (Wildman–Crippen LogP) is 1.80. The first-order valence-electron chi connectivity index (χ1n) is 5.87. The Hall–Kier alpha value is -2.48. The van der Waals surface area contributed by atoms with Crippen LogP contribution in [-0.2, 0) is 11.2 Å². The van der Waals surface area contributed by atoms with E-state index in [1.807, 2.05) is 19.1 Å². The number of carbonyl (C=O) groups excluding carboxylic acids is 1. The van der Waals surface area contributed by atoms with Crippen LogP contribution < -0.4 is 5.32 Å². The number of hydrogen-bond donors (Lipinski definition) is 2. The van der Waals surface area contributed by atoms with Gasteiger partial charge in [0.05, 0.1) is 6.54 Å². The molecule has 2 N–H and O–H groups in total. The van der Waals surface area contributed by atoms with E-state index < -0.39 is 18.5 Å². The molecule has 1 aromatic rings. The molecule has 0 saturated carbocycles. The molecule has 0 aromatic heterocycles. The van der Waals surface area contributed by atoms with Crippen molar-refractivity contribution in [1.29, 1.82) is 0 Å². The van der Waals surface area contributed by atoms with Crippen LogP contribution in [0.15, 0.2) is 24.3 Å². The van der Waals surface area contributed by atoms with Crippen molar-refractivity contribution < 1.29 is 14.7 Å². The molecule has 0 spiro atoms. The maximum atomic E-state index is 11.8. The summed E-state index contributed by atoms with van der Waals surface area (Å²) in [6.45, 7) is 1.56. The van der Waals surface area contributed by atoms with E-state index in [1.54, 1.807) is 12.1 Å². The van der Waals surface area contributed by atoms with E-state index in [1.165, 1.54) is 0 Å². The third-order valence-corrected chi connectivity index (χ3v) is 2.51. The van der Waals surface area contributed by atoms with Gasteiger partial charge in [-0.15, -0.1) is 6.42 Å². The molecule has 1 aromatic carbocycles. The Morgan fingerprint density at radius 2 is 2.00 bits per heavy atom. The summed E-state index contributed by atoms with van der Waals surface area (Å²) in [5.74, 6) is 1.15. The zero-order valence-corrected chi connectivity index (χ0v) is 10.7. The van der Waals surface area contributed by atoms with Crippen molar-refractivity contribution in [3.05, 3.63) is 29.8 Å². The van der Waals surface area contributed by atoms with Gasteiger partial charge in [-0.2, -0.15) is 0 Å². The van der Waals surface area contributed by atoms with Crippen molar-refractivity contribution in [2.45, 2.75) is 13.3 Å². The molecule has 0 aliphatic heterocycles. The van der Waals surface area contributed by atoms with Crippen molar-refractivity contribution in [2.24, 2.45) is 0 Å². The molecule has 0 saturated heterocycles. The molecule has 100 valence electrons. The fraction of sp³-hybridized carbons (Fsp3) is 0.286. The Kier molecular flexibility index (Phi) is 5.42. The molecule has 0 bridgehead atoms. The average molecular weight is 260 g/mol. The standard InChI is InChI=1S/C14H16N2O3/c1-3-9-16(10-13(17)18)14(19)15-12-7-5-11(4-2)6-8-12/h1,5-8H,4,9-10H2,2H3,(H,15,19)(H,17,18). The second kappa shape index (κ2) is 7.07. The Morgan fingerprint density at radius 1 is 1.37 bits per heavy atom. The molecule has 0 atom stereocenters. The molecule has 0 unspecified atom stereocenters. The van der Waals surface area contributed by atoms with Crippen LogP contribution in [-0.4, -0.2) is 35.1 Å². The number of nitrogens with one attached hydrogen (secondary N) is 1. The highest BCUT2D eigenvalue weighted by atomic mass is 16.4. The summed E-state index contributed by atoms with van der Waals surface area (Å²) >= 11 is 0. The number of anilines is 1. The molecule has 5 nitrogen and oxygen atoms in total. The van der Waals surface area contributed by atoms with Crippen LogP contribution in [0.2, 0.25) is 0 Å². The number of carboxylic acids is 1. The van der Waals surface area contributed by atoms with E-state index in [-0.39, 0.29) is 6.54 Å². The lowest BCUT2D eigenvalue weighted by atomic mass is 10.1. The summed E-state index contributed by atoms with van der Waals surface area (Å²) in [5.41, 5.74) is 1.76. The highest BCUT2D eigenvalue weighted by Crippen LogP contribution is 2.10. The number of urea groups is 1. The first-order valence-corrected chi connectivity index (χ1v) is 5.87. The lowest BCUT2D eigenvalue weighted by molar-refractivity contribution is -0.137. The second-order valence-electron chi connectivity index (χ2n) is 3.93. The van der Waals surface area contributed by atoms with Gasteiger partial charge in [0, 0.05) is 5.69 Å². The van der Waals surface area contributed by atoms with Crippen molar-refractivity contribution in [3.8, 4) is 12.3 Å².